The molecule has 0 bridgehead atoms. The molecule has 0 saturated carbocycles. The lowest BCUT2D eigenvalue weighted by molar-refractivity contribution is 0.0969. The largest absolute Gasteiger partial charge is 0.292 e. The Kier molecular flexibility index (Phi) is 3.18. The molecular weight excluding hydrogens is 234 g/mol. The lowest BCUT2D eigenvalue weighted by Crippen LogP contribution is -2.16. The SMILES string of the molecule is C[C@@H](c1ccccc1)N1C[C@@H]1C(=O)c1ccccc1. The van der Waals surface area contributed by atoms with Crippen LogP contribution in [0.15, 0.2) is 60.7 Å². The summed E-state index contributed by atoms with van der Waals surface area (Å²) in [5, 5.41) is 0. The second-order valence-electron chi connectivity index (χ2n) is 5.03. The van der Waals surface area contributed by atoms with E-state index in [2.05, 4.69) is 24.0 Å². The van der Waals surface area contributed by atoms with Crippen molar-refractivity contribution in [3.05, 3.63) is 71.8 Å². The van der Waals surface area contributed by atoms with Gasteiger partial charge in [0.15, 0.2) is 5.78 Å². The van der Waals surface area contributed by atoms with Crippen molar-refractivity contribution >= 4 is 5.78 Å². The molecule has 0 radical (unpaired) electrons. The zero-order chi connectivity index (χ0) is 13.2. The number of rotatable bonds is 4. The van der Waals surface area contributed by atoms with E-state index in [0.717, 1.165) is 12.1 Å². The first-order valence-corrected chi connectivity index (χ1v) is 6.67. The average Bonchev–Trinajstić information content (AvgIpc) is 3.28. The second-order valence-corrected chi connectivity index (χ2v) is 5.03. The van der Waals surface area contributed by atoms with Crippen LogP contribution < -0.4 is 0 Å². The highest BCUT2D eigenvalue weighted by atomic mass is 16.1. The zero-order valence-electron chi connectivity index (χ0n) is 11.0. The van der Waals surface area contributed by atoms with Gasteiger partial charge >= 0.3 is 0 Å². The van der Waals surface area contributed by atoms with Gasteiger partial charge in [0.05, 0.1) is 6.04 Å². The van der Waals surface area contributed by atoms with Gasteiger partial charge in [0.2, 0.25) is 0 Å². The van der Waals surface area contributed by atoms with E-state index in [0.29, 0.717) is 6.04 Å². The van der Waals surface area contributed by atoms with Crippen LogP contribution in [0.4, 0.5) is 0 Å². The highest BCUT2D eigenvalue weighted by molar-refractivity contribution is 6.02. The van der Waals surface area contributed by atoms with E-state index in [1.807, 2.05) is 48.5 Å². The molecule has 0 aliphatic carbocycles. The molecule has 2 nitrogen and oxygen atoms in total. The third-order valence-electron chi connectivity index (χ3n) is 3.79. The summed E-state index contributed by atoms with van der Waals surface area (Å²) < 4.78 is 0. The highest BCUT2D eigenvalue weighted by Crippen LogP contribution is 2.33. The van der Waals surface area contributed by atoms with Gasteiger partial charge in [-0.2, -0.15) is 0 Å². The van der Waals surface area contributed by atoms with Gasteiger partial charge in [0, 0.05) is 18.2 Å². The third kappa shape index (κ3) is 2.45. The Hall–Kier alpha value is -1.93. The molecule has 3 atom stereocenters. The number of carbonyl (C=O) groups is 1. The summed E-state index contributed by atoms with van der Waals surface area (Å²) in [7, 11) is 0. The number of ketones is 1. The molecule has 0 aromatic heterocycles. The number of benzene rings is 2. The van der Waals surface area contributed by atoms with E-state index in [9.17, 15) is 4.79 Å². The second kappa shape index (κ2) is 4.98. The number of carbonyl (C=O) groups excluding carboxylic acids is 1. The van der Waals surface area contributed by atoms with Crippen molar-refractivity contribution in [3.8, 4) is 0 Å². The lowest BCUT2D eigenvalue weighted by Gasteiger charge is -2.14. The minimum atomic E-state index is 0.0533. The van der Waals surface area contributed by atoms with E-state index >= 15 is 0 Å². The standard InChI is InChI=1S/C17H17NO/c1-13(14-8-4-2-5-9-14)18-12-16(18)17(19)15-10-6-3-7-11-15/h2-11,13,16H,12H2,1H3/t13-,16+,18?/m0/s1. The minimum absolute atomic E-state index is 0.0533. The van der Waals surface area contributed by atoms with Crippen LogP contribution in [0.3, 0.4) is 0 Å². The normalized spacial score (nSPS) is 22.8. The van der Waals surface area contributed by atoms with Gasteiger partial charge in [-0.1, -0.05) is 60.7 Å². The summed E-state index contributed by atoms with van der Waals surface area (Å²) in [5.41, 5.74) is 2.08. The molecular formula is C17H17NO. The minimum Gasteiger partial charge on any atom is -0.292 e. The van der Waals surface area contributed by atoms with Gasteiger partial charge < -0.3 is 0 Å². The first-order chi connectivity index (χ1) is 9.27. The molecule has 0 N–H and O–H groups in total. The third-order valence-corrected chi connectivity index (χ3v) is 3.79. The molecule has 1 aliphatic heterocycles. The Morgan fingerprint density at radius 1 is 1.05 bits per heavy atom. The predicted molar refractivity (Wildman–Crippen MR) is 76.1 cm³/mol. The average molecular weight is 251 g/mol. The van der Waals surface area contributed by atoms with Crippen molar-refractivity contribution in [1.82, 2.24) is 4.90 Å². The summed E-state index contributed by atoms with van der Waals surface area (Å²) in [6.07, 6.45) is 0. The fourth-order valence-electron chi connectivity index (χ4n) is 2.53. The highest BCUT2D eigenvalue weighted by Gasteiger charge is 2.43. The Balaban J connectivity index is 1.70. The molecule has 1 fully saturated rings. The Bertz CT molecular complexity index is 564. The van der Waals surface area contributed by atoms with Crippen molar-refractivity contribution in [2.45, 2.75) is 19.0 Å². The molecule has 1 heterocycles. The topological polar surface area (TPSA) is 20.1 Å². The summed E-state index contributed by atoms with van der Waals surface area (Å²) >= 11 is 0. The Morgan fingerprint density at radius 3 is 2.26 bits per heavy atom. The van der Waals surface area contributed by atoms with E-state index in [-0.39, 0.29) is 11.8 Å². The number of Topliss-reactive ketones (excluding diaryl/α,β-unsaturated/α-hetero) is 1. The summed E-state index contributed by atoms with van der Waals surface area (Å²) in [6, 6.07) is 20.3. The van der Waals surface area contributed by atoms with Gasteiger partial charge in [-0.15, -0.1) is 0 Å². The fourth-order valence-corrected chi connectivity index (χ4v) is 2.53. The Labute approximate surface area is 113 Å². The lowest BCUT2D eigenvalue weighted by atomic mass is 10.1. The summed E-state index contributed by atoms with van der Waals surface area (Å²) in [4.78, 5) is 14.6. The molecule has 2 aromatic rings. The van der Waals surface area contributed by atoms with E-state index in [1.165, 1.54) is 5.56 Å². The molecule has 1 aliphatic rings. The quantitative estimate of drug-likeness (QED) is 0.613. The molecule has 2 heteroatoms. The number of hydrogen-bond donors (Lipinski definition) is 0. The van der Waals surface area contributed by atoms with Gasteiger partial charge in [0.25, 0.3) is 0 Å². The maximum Gasteiger partial charge on any atom is 0.181 e. The molecule has 0 amide bonds. The van der Waals surface area contributed by atoms with Crippen LogP contribution in [0, 0.1) is 0 Å². The van der Waals surface area contributed by atoms with Crippen LogP contribution in [-0.4, -0.2) is 23.3 Å². The fraction of sp³-hybridized carbons (Fsp3) is 0.235. The van der Waals surface area contributed by atoms with Crippen LogP contribution >= 0.6 is 0 Å². The monoisotopic (exact) mass is 251 g/mol. The molecule has 96 valence electrons. The predicted octanol–water partition coefficient (Wildman–Crippen LogP) is 3.31. The van der Waals surface area contributed by atoms with Crippen molar-refractivity contribution in [3.63, 3.8) is 0 Å². The molecule has 19 heavy (non-hydrogen) atoms. The van der Waals surface area contributed by atoms with E-state index in [1.54, 1.807) is 0 Å². The van der Waals surface area contributed by atoms with Crippen LogP contribution in [0.5, 0.6) is 0 Å². The van der Waals surface area contributed by atoms with E-state index in [4.69, 9.17) is 0 Å². The first-order valence-electron chi connectivity index (χ1n) is 6.67. The van der Waals surface area contributed by atoms with Crippen molar-refractivity contribution < 1.29 is 4.79 Å². The maximum atomic E-state index is 12.3. The van der Waals surface area contributed by atoms with Crippen LogP contribution in [0.1, 0.15) is 28.9 Å². The summed E-state index contributed by atoms with van der Waals surface area (Å²) in [6.45, 7) is 3.03. The molecule has 1 saturated heterocycles. The van der Waals surface area contributed by atoms with Gasteiger partial charge in [-0.05, 0) is 12.5 Å². The maximum absolute atomic E-state index is 12.3. The molecule has 0 spiro atoms. The van der Waals surface area contributed by atoms with Crippen molar-refractivity contribution in [2.75, 3.05) is 6.54 Å². The van der Waals surface area contributed by atoms with Gasteiger partial charge in [-0.25, -0.2) is 0 Å². The molecule has 2 aromatic carbocycles. The summed E-state index contributed by atoms with van der Waals surface area (Å²) in [5.74, 6) is 0.239. The van der Waals surface area contributed by atoms with Gasteiger partial charge in [0.1, 0.15) is 0 Å². The number of hydrogen-bond acceptors (Lipinski definition) is 2. The molecule has 3 rings (SSSR count). The van der Waals surface area contributed by atoms with Crippen LogP contribution in [0.25, 0.3) is 0 Å². The van der Waals surface area contributed by atoms with Crippen LogP contribution in [-0.2, 0) is 0 Å². The van der Waals surface area contributed by atoms with Crippen LogP contribution in [0.2, 0.25) is 0 Å². The zero-order valence-corrected chi connectivity index (χ0v) is 11.0. The van der Waals surface area contributed by atoms with Crippen molar-refractivity contribution in [1.29, 1.82) is 0 Å². The molecule has 1 unspecified atom stereocenters. The number of nitrogens with zero attached hydrogens (tertiary/aromatic N) is 1. The first kappa shape index (κ1) is 12.1. The smallest absolute Gasteiger partial charge is 0.181 e. The van der Waals surface area contributed by atoms with Crippen molar-refractivity contribution in [2.24, 2.45) is 0 Å². The van der Waals surface area contributed by atoms with E-state index < -0.39 is 0 Å². The van der Waals surface area contributed by atoms with Gasteiger partial charge in [-0.3, -0.25) is 9.69 Å². The Morgan fingerprint density at radius 2 is 1.63 bits per heavy atom.